The molecule has 1 fully saturated rings. The van der Waals surface area contributed by atoms with Gasteiger partial charge in [0, 0.05) is 36.6 Å². The number of hydrogen-bond acceptors (Lipinski definition) is 3. The molecule has 3 rings (SSSR count). The van der Waals surface area contributed by atoms with Gasteiger partial charge in [-0.3, -0.25) is 4.79 Å². The number of fused-ring (bicyclic) bond motifs is 1. The fraction of sp³-hybridized carbons (Fsp3) is 0.333. The normalized spacial score (nSPS) is 16.8. The van der Waals surface area contributed by atoms with E-state index in [0.717, 1.165) is 28.8 Å². The SMILES string of the molecule is O=C1CCN(c2cc(Br)cn3cncc23)CC1. The molecule has 1 aliphatic heterocycles. The number of carbonyl (C=O) groups excluding carboxylic acids is 1. The first-order chi connectivity index (χ1) is 8.24. The van der Waals surface area contributed by atoms with E-state index in [2.05, 4.69) is 31.9 Å². The predicted molar refractivity (Wildman–Crippen MR) is 69.3 cm³/mol. The van der Waals surface area contributed by atoms with Crippen LogP contribution in [0.4, 0.5) is 5.69 Å². The van der Waals surface area contributed by atoms with Crippen LogP contribution in [0.2, 0.25) is 0 Å². The van der Waals surface area contributed by atoms with Crippen LogP contribution in [-0.2, 0) is 4.79 Å². The molecule has 2 aromatic heterocycles. The minimum absolute atomic E-state index is 0.362. The number of ketones is 1. The summed E-state index contributed by atoms with van der Waals surface area (Å²) >= 11 is 3.50. The van der Waals surface area contributed by atoms with Gasteiger partial charge in [0.25, 0.3) is 0 Å². The molecule has 0 radical (unpaired) electrons. The molecule has 5 heteroatoms. The van der Waals surface area contributed by atoms with Gasteiger partial charge in [0.05, 0.1) is 23.7 Å². The number of aromatic nitrogens is 2. The summed E-state index contributed by atoms with van der Waals surface area (Å²) in [5.74, 6) is 0.362. The number of piperidine rings is 1. The molecule has 0 bridgehead atoms. The quantitative estimate of drug-likeness (QED) is 0.809. The third-order valence-corrected chi connectivity index (χ3v) is 3.56. The van der Waals surface area contributed by atoms with E-state index in [4.69, 9.17) is 0 Å². The predicted octanol–water partition coefficient (Wildman–Crippen LogP) is 2.27. The minimum atomic E-state index is 0.362. The average molecular weight is 294 g/mol. The van der Waals surface area contributed by atoms with Crippen LogP contribution < -0.4 is 4.90 Å². The van der Waals surface area contributed by atoms with Crippen molar-refractivity contribution in [2.24, 2.45) is 0 Å². The summed E-state index contributed by atoms with van der Waals surface area (Å²) in [5.41, 5.74) is 2.23. The van der Waals surface area contributed by atoms with Gasteiger partial charge in [0.15, 0.2) is 0 Å². The number of nitrogens with zero attached hydrogens (tertiary/aromatic N) is 3. The van der Waals surface area contributed by atoms with E-state index >= 15 is 0 Å². The molecule has 0 amide bonds. The second-order valence-electron chi connectivity index (χ2n) is 4.26. The molecule has 0 spiro atoms. The first-order valence-electron chi connectivity index (χ1n) is 5.62. The molecule has 88 valence electrons. The van der Waals surface area contributed by atoms with Crippen LogP contribution in [0, 0.1) is 0 Å². The number of halogens is 1. The van der Waals surface area contributed by atoms with Crippen LogP contribution in [0.25, 0.3) is 5.52 Å². The number of carbonyl (C=O) groups is 1. The van der Waals surface area contributed by atoms with E-state index in [-0.39, 0.29) is 0 Å². The summed E-state index contributed by atoms with van der Waals surface area (Å²) in [6.07, 6.45) is 6.93. The summed E-state index contributed by atoms with van der Waals surface area (Å²) in [5, 5.41) is 0. The molecule has 0 unspecified atom stereocenters. The van der Waals surface area contributed by atoms with E-state index in [1.807, 2.05) is 16.8 Å². The Morgan fingerprint density at radius 3 is 2.82 bits per heavy atom. The van der Waals surface area contributed by atoms with Crippen molar-refractivity contribution in [1.29, 1.82) is 0 Å². The highest BCUT2D eigenvalue weighted by molar-refractivity contribution is 9.10. The van der Waals surface area contributed by atoms with Gasteiger partial charge in [0.1, 0.15) is 5.78 Å². The first-order valence-corrected chi connectivity index (χ1v) is 6.41. The molecular weight excluding hydrogens is 282 g/mol. The summed E-state index contributed by atoms with van der Waals surface area (Å²) in [7, 11) is 0. The summed E-state index contributed by atoms with van der Waals surface area (Å²) in [4.78, 5) is 17.7. The van der Waals surface area contributed by atoms with Crippen molar-refractivity contribution in [3.05, 3.63) is 29.3 Å². The molecule has 0 saturated carbocycles. The number of pyridine rings is 1. The van der Waals surface area contributed by atoms with Gasteiger partial charge in [-0.1, -0.05) is 0 Å². The lowest BCUT2D eigenvalue weighted by Crippen LogP contribution is -2.33. The lowest BCUT2D eigenvalue weighted by molar-refractivity contribution is -0.119. The number of hydrogen-bond donors (Lipinski definition) is 0. The summed E-state index contributed by atoms with van der Waals surface area (Å²) in [6.45, 7) is 1.60. The largest absolute Gasteiger partial charge is 0.369 e. The second kappa shape index (κ2) is 4.14. The van der Waals surface area contributed by atoms with Gasteiger partial charge in [-0.2, -0.15) is 0 Å². The van der Waals surface area contributed by atoms with Crippen LogP contribution in [0.15, 0.2) is 29.3 Å². The first kappa shape index (κ1) is 10.8. The highest BCUT2D eigenvalue weighted by Crippen LogP contribution is 2.27. The van der Waals surface area contributed by atoms with Crippen LogP contribution in [0.3, 0.4) is 0 Å². The van der Waals surface area contributed by atoms with Crippen LogP contribution in [-0.4, -0.2) is 28.3 Å². The molecule has 0 aromatic carbocycles. The molecular formula is C12H12BrN3O. The Bertz CT molecular complexity index is 568. The standard InChI is InChI=1S/C12H12BrN3O/c13-9-5-11(12-6-14-8-16(12)7-9)15-3-1-10(17)2-4-15/h5-8H,1-4H2. The minimum Gasteiger partial charge on any atom is -0.369 e. The number of Topliss-reactive ketones (excluding diaryl/α,β-unsaturated/α-hetero) is 1. The highest BCUT2D eigenvalue weighted by atomic mass is 79.9. The molecule has 17 heavy (non-hydrogen) atoms. The summed E-state index contributed by atoms with van der Waals surface area (Å²) in [6, 6.07) is 2.09. The van der Waals surface area contributed by atoms with Crippen molar-refractivity contribution in [2.75, 3.05) is 18.0 Å². The average Bonchev–Trinajstić information content (AvgIpc) is 2.77. The molecule has 0 atom stereocenters. The van der Waals surface area contributed by atoms with Gasteiger partial charge >= 0.3 is 0 Å². The monoisotopic (exact) mass is 293 g/mol. The van der Waals surface area contributed by atoms with Crippen LogP contribution in [0.1, 0.15) is 12.8 Å². The van der Waals surface area contributed by atoms with E-state index in [1.54, 1.807) is 6.33 Å². The Hall–Kier alpha value is -1.36. The fourth-order valence-corrected chi connectivity index (χ4v) is 2.67. The Morgan fingerprint density at radius 1 is 1.29 bits per heavy atom. The highest BCUT2D eigenvalue weighted by Gasteiger charge is 2.18. The van der Waals surface area contributed by atoms with Gasteiger partial charge in [0.2, 0.25) is 0 Å². The third-order valence-electron chi connectivity index (χ3n) is 3.13. The topological polar surface area (TPSA) is 37.6 Å². The molecule has 2 aromatic rings. The lowest BCUT2D eigenvalue weighted by Gasteiger charge is -2.28. The Balaban J connectivity index is 2.04. The van der Waals surface area contributed by atoms with Gasteiger partial charge in [-0.25, -0.2) is 4.98 Å². The lowest BCUT2D eigenvalue weighted by atomic mass is 10.1. The van der Waals surface area contributed by atoms with Gasteiger partial charge in [-0.05, 0) is 22.0 Å². The van der Waals surface area contributed by atoms with Crippen molar-refractivity contribution in [3.63, 3.8) is 0 Å². The van der Waals surface area contributed by atoms with Gasteiger partial charge in [-0.15, -0.1) is 0 Å². The smallest absolute Gasteiger partial charge is 0.136 e. The van der Waals surface area contributed by atoms with E-state index in [0.29, 0.717) is 18.6 Å². The maximum absolute atomic E-state index is 11.3. The van der Waals surface area contributed by atoms with Crippen molar-refractivity contribution < 1.29 is 4.79 Å². The Kier molecular flexibility index (Phi) is 2.63. The molecule has 0 N–H and O–H groups in total. The number of rotatable bonds is 1. The van der Waals surface area contributed by atoms with Crippen molar-refractivity contribution in [2.45, 2.75) is 12.8 Å². The van der Waals surface area contributed by atoms with Crippen LogP contribution in [0.5, 0.6) is 0 Å². The zero-order valence-electron chi connectivity index (χ0n) is 9.27. The van der Waals surface area contributed by atoms with E-state index in [1.165, 1.54) is 0 Å². The Morgan fingerprint density at radius 2 is 2.06 bits per heavy atom. The van der Waals surface area contributed by atoms with Crippen LogP contribution >= 0.6 is 15.9 Å². The molecule has 1 saturated heterocycles. The zero-order valence-corrected chi connectivity index (χ0v) is 10.9. The molecule has 0 aliphatic carbocycles. The van der Waals surface area contributed by atoms with E-state index in [9.17, 15) is 4.79 Å². The second-order valence-corrected chi connectivity index (χ2v) is 5.17. The van der Waals surface area contributed by atoms with Crippen molar-refractivity contribution >= 4 is 32.9 Å². The number of anilines is 1. The van der Waals surface area contributed by atoms with Crippen molar-refractivity contribution in [3.8, 4) is 0 Å². The zero-order chi connectivity index (χ0) is 11.8. The summed E-state index contributed by atoms with van der Waals surface area (Å²) < 4.78 is 3.02. The molecule has 1 aliphatic rings. The van der Waals surface area contributed by atoms with E-state index < -0.39 is 0 Å². The molecule has 3 heterocycles. The Labute approximate surface area is 107 Å². The maximum atomic E-state index is 11.3. The third kappa shape index (κ3) is 1.95. The number of imidazole rings is 1. The van der Waals surface area contributed by atoms with Crippen molar-refractivity contribution in [1.82, 2.24) is 9.38 Å². The maximum Gasteiger partial charge on any atom is 0.136 e. The fourth-order valence-electron chi connectivity index (χ4n) is 2.23. The molecule has 4 nitrogen and oxygen atoms in total. The van der Waals surface area contributed by atoms with Gasteiger partial charge < -0.3 is 9.30 Å².